The Kier molecular flexibility index (Phi) is 5.20. The van der Waals surface area contributed by atoms with E-state index in [1.54, 1.807) is 19.4 Å². The number of anilines is 2. The number of hydrogen-bond donors (Lipinski definition) is 2. The number of ether oxygens (including phenoxy) is 3. The lowest BCUT2D eigenvalue weighted by Gasteiger charge is -2.12. The number of benzene rings is 2. The van der Waals surface area contributed by atoms with Gasteiger partial charge in [0.2, 0.25) is 6.79 Å². The third-order valence-corrected chi connectivity index (χ3v) is 4.54. The number of methoxy groups -OCH3 is 1. The van der Waals surface area contributed by atoms with Crippen LogP contribution in [0.25, 0.3) is 0 Å². The second-order valence-electron chi connectivity index (χ2n) is 6.66. The first-order valence-corrected chi connectivity index (χ1v) is 9.16. The summed E-state index contributed by atoms with van der Waals surface area (Å²) in [7, 11) is 1.57. The molecule has 0 spiro atoms. The van der Waals surface area contributed by atoms with Crippen LogP contribution in [0.2, 0.25) is 0 Å². The van der Waals surface area contributed by atoms with Crippen LogP contribution in [0.1, 0.15) is 21.5 Å². The molecule has 2 N–H and O–H groups in total. The molecule has 7 nitrogen and oxygen atoms in total. The van der Waals surface area contributed by atoms with E-state index in [9.17, 15) is 4.79 Å². The van der Waals surface area contributed by atoms with Gasteiger partial charge in [-0.15, -0.1) is 0 Å². The molecular weight excluding hydrogens is 370 g/mol. The van der Waals surface area contributed by atoms with Gasteiger partial charge in [-0.05, 0) is 48.4 Å². The molecule has 7 heteroatoms. The highest BCUT2D eigenvalue weighted by Gasteiger charge is 2.14. The molecule has 0 atom stereocenters. The van der Waals surface area contributed by atoms with Crippen LogP contribution in [0, 0.1) is 6.92 Å². The first kappa shape index (κ1) is 18.6. The monoisotopic (exact) mass is 391 g/mol. The lowest BCUT2D eigenvalue weighted by molar-refractivity contribution is 0.102. The van der Waals surface area contributed by atoms with E-state index >= 15 is 0 Å². The van der Waals surface area contributed by atoms with E-state index in [2.05, 4.69) is 15.6 Å². The summed E-state index contributed by atoms with van der Waals surface area (Å²) in [5, 5.41) is 6.17. The first-order chi connectivity index (χ1) is 14.1. The summed E-state index contributed by atoms with van der Waals surface area (Å²) in [6.45, 7) is 2.77. The predicted molar refractivity (Wildman–Crippen MR) is 110 cm³/mol. The number of carbonyl (C=O) groups excluding carboxylic acids is 1. The van der Waals surface area contributed by atoms with Gasteiger partial charge in [-0.25, -0.2) is 0 Å². The van der Waals surface area contributed by atoms with Crippen LogP contribution >= 0.6 is 0 Å². The molecule has 1 amide bonds. The van der Waals surface area contributed by atoms with Crippen molar-refractivity contribution in [2.75, 3.05) is 24.5 Å². The molecule has 0 saturated heterocycles. The molecule has 0 fully saturated rings. The lowest BCUT2D eigenvalue weighted by atomic mass is 10.2. The average molecular weight is 391 g/mol. The van der Waals surface area contributed by atoms with Gasteiger partial charge in [0.1, 0.15) is 5.75 Å². The second kappa shape index (κ2) is 8.10. The standard InChI is InChI=1S/C22H21N3O4/c1-14-3-5-19(27-2)18(7-14)25-22(26)16-9-17(12-23-11-16)24-10-15-4-6-20-21(8-15)29-13-28-20/h3-9,11-12,24H,10,13H2,1-2H3,(H,25,26). The molecule has 0 unspecified atom stereocenters. The number of aromatic nitrogens is 1. The summed E-state index contributed by atoms with van der Waals surface area (Å²) in [5.41, 5.74) is 3.87. The molecule has 3 aromatic rings. The van der Waals surface area contributed by atoms with Crippen LogP contribution < -0.4 is 24.8 Å². The molecule has 1 aromatic heterocycles. The Bertz CT molecular complexity index is 1050. The number of hydrogen-bond acceptors (Lipinski definition) is 6. The van der Waals surface area contributed by atoms with Gasteiger partial charge in [-0.1, -0.05) is 12.1 Å². The largest absolute Gasteiger partial charge is 0.495 e. The third-order valence-electron chi connectivity index (χ3n) is 4.54. The van der Waals surface area contributed by atoms with E-state index in [0.29, 0.717) is 23.5 Å². The maximum atomic E-state index is 12.7. The first-order valence-electron chi connectivity index (χ1n) is 9.16. The van der Waals surface area contributed by atoms with Gasteiger partial charge in [-0.3, -0.25) is 9.78 Å². The Morgan fingerprint density at radius 1 is 1.10 bits per heavy atom. The molecule has 4 rings (SSSR count). The van der Waals surface area contributed by atoms with Crippen LogP contribution in [0.3, 0.4) is 0 Å². The fourth-order valence-corrected chi connectivity index (χ4v) is 3.03. The number of carbonyl (C=O) groups is 1. The number of pyridine rings is 1. The highest BCUT2D eigenvalue weighted by Crippen LogP contribution is 2.32. The van der Waals surface area contributed by atoms with Crippen LogP contribution in [-0.4, -0.2) is 24.8 Å². The van der Waals surface area contributed by atoms with E-state index < -0.39 is 0 Å². The van der Waals surface area contributed by atoms with Crippen molar-refractivity contribution in [1.29, 1.82) is 0 Å². The number of amides is 1. The van der Waals surface area contributed by atoms with E-state index in [1.165, 1.54) is 6.20 Å². The summed E-state index contributed by atoms with van der Waals surface area (Å²) >= 11 is 0. The van der Waals surface area contributed by atoms with Crippen LogP contribution in [-0.2, 0) is 6.54 Å². The van der Waals surface area contributed by atoms with E-state index in [4.69, 9.17) is 14.2 Å². The Labute approximate surface area is 168 Å². The number of rotatable bonds is 6. The summed E-state index contributed by atoms with van der Waals surface area (Å²) < 4.78 is 16.0. The third kappa shape index (κ3) is 4.24. The van der Waals surface area contributed by atoms with Crippen molar-refractivity contribution in [2.24, 2.45) is 0 Å². The average Bonchev–Trinajstić information content (AvgIpc) is 3.20. The van der Waals surface area contributed by atoms with Crippen LogP contribution in [0.5, 0.6) is 17.2 Å². The highest BCUT2D eigenvalue weighted by molar-refractivity contribution is 6.05. The van der Waals surface area contributed by atoms with Crippen molar-refractivity contribution in [3.63, 3.8) is 0 Å². The minimum atomic E-state index is -0.256. The smallest absolute Gasteiger partial charge is 0.257 e. The molecule has 2 heterocycles. The Morgan fingerprint density at radius 3 is 2.83 bits per heavy atom. The molecule has 0 aliphatic carbocycles. The van der Waals surface area contributed by atoms with E-state index in [1.807, 2.05) is 43.3 Å². The molecule has 148 valence electrons. The SMILES string of the molecule is COc1ccc(C)cc1NC(=O)c1cncc(NCc2ccc3c(c2)OCO3)c1. The Morgan fingerprint density at radius 2 is 1.97 bits per heavy atom. The summed E-state index contributed by atoms with van der Waals surface area (Å²) in [5.74, 6) is 1.84. The zero-order valence-electron chi connectivity index (χ0n) is 16.2. The van der Waals surface area contributed by atoms with Gasteiger partial charge in [0, 0.05) is 18.9 Å². The van der Waals surface area contributed by atoms with Crippen molar-refractivity contribution in [3.8, 4) is 17.2 Å². The molecular formula is C22H21N3O4. The topological polar surface area (TPSA) is 81.7 Å². The number of aryl methyl sites for hydroxylation is 1. The van der Waals surface area contributed by atoms with Gasteiger partial charge in [0.05, 0.1) is 24.0 Å². The molecule has 1 aliphatic rings. The number of nitrogens with zero attached hydrogens (tertiary/aromatic N) is 1. The normalized spacial score (nSPS) is 11.8. The van der Waals surface area contributed by atoms with E-state index in [-0.39, 0.29) is 12.7 Å². The zero-order valence-corrected chi connectivity index (χ0v) is 16.2. The maximum absolute atomic E-state index is 12.7. The summed E-state index contributed by atoms with van der Waals surface area (Å²) in [6.07, 6.45) is 3.21. The van der Waals surface area contributed by atoms with Crippen molar-refractivity contribution >= 4 is 17.3 Å². The minimum absolute atomic E-state index is 0.249. The maximum Gasteiger partial charge on any atom is 0.257 e. The van der Waals surface area contributed by atoms with E-state index in [0.717, 1.165) is 28.3 Å². The van der Waals surface area contributed by atoms with Crippen LogP contribution in [0.4, 0.5) is 11.4 Å². The van der Waals surface area contributed by atoms with Crippen molar-refractivity contribution < 1.29 is 19.0 Å². The van der Waals surface area contributed by atoms with Gasteiger partial charge in [0.25, 0.3) is 5.91 Å². The fraction of sp³-hybridized carbons (Fsp3) is 0.182. The highest BCUT2D eigenvalue weighted by atomic mass is 16.7. The Hall–Kier alpha value is -3.74. The lowest BCUT2D eigenvalue weighted by Crippen LogP contribution is -2.13. The van der Waals surface area contributed by atoms with Crippen LogP contribution in [0.15, 0.2) is 54.9 Å². The fourth-order valence-electron chi connectivity index (χ4n) is 3.03. The zero-order chi connectivity index (χ0) is 20.2. The minimum Gasteiger partial charge on any atom is -0.495 e. The molecule has 0 radical (unpaired) electrons. The van der Waals surface area contributed by atoms with Gasteiger partial charge in [-0.2, -0.15) is 0 Å². The molecule has 0 bridgehead atoms. The summed E-state index contributed by atoms with van der Waals surface area (Å²) in [6, 6.07) is 13.2. The van der Waals surface area contributed by atoms with Gasteiger partial charge >= 0.3 is 0 Å². The quantitative estimate of drug-likeness (QED) is 0.661. The number of fused-ring (bicyclic) bond motifs is 1. The summed E-state index contributed by atoms with van der Waals surface area (Å²) in [4.78, 5) is 16.9. The number of nitrogens with one attached hydrogen (secondary N) is 2. The molecule has 29 heavy (non-hydrogen) atoms. The Balaban J connectivity index is 1.44. The van der Waals surface area contributed by atoms with Gasteiger partial charge in [0.15, 0.2) is 11.5 Å². The molecule has 0 saturated carbocycles. The van der Waals surface area contributed by atoms with Crippen molar-refractivity contribution in [1.82, 2.24) is 4.98 Å². The van der Waals surface area contributed by atoms with Gasteiger partial charge < -0.3 is 24.8 Å². The molecule has 1 aliphatic heterocycles. The van der Waals surface area contributed by atoms with Crippen molar-refractivity contribution in [3.05, 3.63) is 71.5 Å². The predicted octanol–water partition coefficient (Wildman–Crippen LogP) is 3.99. The molecule has 2 aromatic carbocycles. The van der Waals surface area contributed by atoms with Crippen molar-refractivity contribution in [2.45, 2.75) is 13.5 Å². The second-order valence-corrected chi connectivity index (χ2v) is 6.66.